The minimum absolute atomic E-state index is 0.111. The lowest BCUT2D eigenvalue weighted by atomic mass is 10.0. The average molecular weight is 508 g/mol. The fourth-order valence-corrected chi connectivity index (χ4v) is 4.53. The molecule has 200 valence electrons. The molecule has 10 heteroatoms. The summed E-state index contributed by atoms with van der Waals surface area (Å²) in [6.45, 7) is 9.65. The van der Waals surface area contributed by atoms with Crippen molar-refractivity contribution >= 4 is 22.7 Å². The standard InChI is InChI=1S/C26H39F2N5O3/c1-18(2)25(3,34)31-23-19-16-21(35-4)22(36-15-7-12-32-10-5-6-11-32)17-20(19)29-24(30-23)33-13-8-26(27,28)9-14-33/h16-18,34H,5-15H2,1-4H3,(H,29,30,31)/t25-/m0/s1. The predicted molar refractivity (Wildman–Crippen MR) is 137 cm³/mol. The first-order valence-corrected chi connectivity index (χ1v) is 13.0. The Hall–Kier alpha value is -2.46. The topological polar surface area (TPSA) is 83.0 Å². The van der Waals surface area contributed by atoms with E-state index in [9.17, 15) is 13.9 Å². The molecule has 1 aromatic heterocycles. The van der Waals surface area contributed by atoms with E-state index in [1.807, 2.05) is 19.9 Å². The largest absolute Gasteiger partial charge is 0.493 e. The van der Waals surface area contributed by atoms with E-state index in [0.717, 1.165) is 26.1 Å². The quantitative estimate of drug-likeness (QED) is 0.359. The molecule has 2 fully saturated rings. The number of aromatic nitrogens is 2. The molecule has 3 heterocycles. The van der Waals surface area contributed by atoms with E-state index in [4.69, 9.17) is 14.5 Å². The van der Waals surface area contributed by atoms with Gasteiger partial charge in [0.1, 0.15) is 11.5 Å². The molecule has 2 aliphatic heterocycles. The van der Waals surface area contributed by atoms with E-state index in [0.29, 0.717) is 40.8 Å². The highest BCUT2D eigenvalue weighted by atomic mass is 19.3. The number of fused-ring (bicyclic) bond motifs is 1. The number of ether oxygens (including phenoxy) is 2. The monoisotopic (exact) mass is 507 g/mol. The maximum atomic E-state index is 13.8. The minimum Gasteiger partial charge on any atom is -0.493 e. The van der Waals surface area contributed by atoms with Gasteiger partial charge in [0.25, 0.3) is 5.92 Å². The summed E-state index contributed by atoms with van der Waals surface area (Å²) in [6, 6.07) is 3.61. The molecule has 0 bridgehead atoms. The van der Waals surface area contributed by atoms with Crippen LogP contribution in [0.5, 0.6) is 11.5 Å². The number of anilines is 2. The summed E-state index contributed by atoms with van der Waals surface area (Å²) in [5, 5.41) is 14.7. The van der Waals surface area contributed by atoms with Gasteiger partial charge in [0, 0.05) is 49.8 Å². The molecular weight excluding hydrogens is 468 g/mol. The number of aliphatic hydroxyl groups is 1. The summed E-state index contributed by atoms with van der Waals surface area (Å²) in [4.78, 5) is 13.6. The highest BCUT2D eigenvalue weighted by Crippen LogP contribution is 2.37. The van der Waals surface area contributed by atoms with Gasteiger partial charge in [-0.2, -0.15) is 4.98 Å². The highest BCUT2D eigenvalue weighted by molar-refractivity contribution is 5.93. The Labute approximate surface area is 212 Å². The van der Waals surface area contributed by atoms with Gasteiger partial charge < -0.3 is 29.7 Å². The number of methoxy groups -OCH3 is 1. The second-order valence-electron chi connectivity index (χ2n) is 10.4. The van der Waals surface area contributed by atoms with Gasteiger partial charge in [0.2, 0.25) is 5.95 Å². The third-order valence-corrected chi connectivity index (χ3v) is 7.32. The summed E-state index contributed by atoms with van der Waals surface area (Å²) in [5.74, 6) is -0.887. The summed E-state index contributed by atoms with van der Waals surface area (Å²) in [6.07, 6.45) is 2.94. The molecule has 0 amide bonds. The third-order valence-electron chi connectivity index (χ3n) is 7.32. The summed E-state index contributed by atoms with van der Waals surface area (Å²) >= 11 is 0. The number of hydrogen-bond acceptors (Lipinski definition) is 8. The number of halogens is 2. The first-order chi connectivity index (χ1) is 17.1. The maximum absolute atomic E-state index is 13.8. The van der Waals surface area contributed by atoms with E-state index in [2.05, 4.69) is 15.2 Å². The molecule has 1 atom stereocenters. The fraction of sp³-hybridized carbons (Fsp3) is 0.692. The van der Waals surface area contributed by atoms with E-state index < -0.39 is 11.6 Å². The lowest BCUT2D eigenvalue weighted by molar-refractivity contribution is -0.0222. The first kappa shape index (κ1) is 26.6. The molecule has 0 radical (unpaired) electrons. The second kappa shape index (κ2) is 10.9. The Bertz CT molecular complexity index is 1030. The van der Waals surface area contributed by atoms with Crippen LogP contribution in [0.2, 0.25) is 0 Å². The molecule has 0 unspecified atom stereocenters. The van der Waals surface area contributed by atoms with E-state index in [1.54, 1.807) is 25.0 Å². The number of nitrogens with zero attached hydrogens (tertiary/aromatic N) is 4. The Kier molecular flexibility index (Phi) is 8.04. The summed E-state index contributed by atoms with van der Waals surface area (Å²) < 4.78 is 39.3. The van der Waals surface area contributed by atoms with Crippen molar-refractivity contribution in [1.29, 1.82) is 0 Å². The SMILES string of the molecule is COc1cc2c(N[C@@](C)(O)C(C)C)nc(N3CCC(F)(F)CC3)nc2cc1OCCCN1CCCC1. The van der Waals surface area contributed by atoms with Crippen molar-refractivity contribution in [2.24, 2.45) is 5.92 Å². The van der Waals surface area contributed by atoms with Crippen molar-refractivity contribution in [1.82, 2.24) is 14.9 Å². The summed E-state index contributed by atoms with van der Waals surface area (Å²) in [7, 11) is 1.58. The number of likely N-dealkylation sites (tertiary alicyclic amines) is 1. The maximum Gasteiger partial charge on any atom is 0.251 e. The number of alkyl halides is 2. The van der Waals surface area contributed by atoms with Crippen LogP contribution in [-0.4, -0.2) is 78.1 Å². The van der Waals surface area contributed by atoms with Crippen LogP contribution in [-0.2, 0) is 0 Å². The Morgan fingerprint density at radius 2 is 1.81 bits per heavy atom. The van der Waals surface area contributed by atoms with Gasteiger partial charge in [0.05, 0.1) is 19.2 Å². The van der Waals surface area contributed by atoms with Crippen LogP contribution in [0.15, 0.2) is 12.1 Å². The van der Waals surface area contributed by atoms with Gasteiger partial charge in [-0.1, -0.05) is 13.8 Å². The van der Waals surface area contributed by atoms with Gasteiger partial charge >= 0.3 is 0 Å². The van der Waals surface area contributed by atoms with E-state index in [-0.39, 0.29) is 31.8 Å². The zero-order valence-electron chi connectivity index (χ0n) is 21.8. The highest BCUT2D eigenvalue weighted by Gasteiger charge is 2.35. The molecule has 4 rings (SSSR count). The molecule has 36 heavy (non-hydrogen) atoms. The average Bonchev–Trinajstić information content (AvgIpc) is 3.34. The first-order valence-electron chi connectivity index (χ1n) is 13.0. The van der Waals surface area contributed by atoms with Crippen LogP contribution < -0.4 is 19.7 Å². The van der Waals surface area contributed by atoms with E-state index >= 15 is 0 Å². The predicted octanol–water partition coefficient (Wildman–Crippen LogP) is 4.52. The molecule has 2 N–H and O–H groups in total. The molecule has 1 aromatic carbocycles. The van der Waals surface area contributed by atoms with Crippen molar-refractivity contribution in [3.63, 3.8) is 0 Å². The molecule has 0 spiro atoms. The molecule has 2 aliphatic rings. The van der Waals surface area contributed by atoms with Gasteiger partial charge in [-0.15, -0.1) is 0 Å². The van der Waals surface area contributed by atoms with Crippen LogP contribution in [0.3, 0.4) is 0 Å². The van der Waals surface area contributed by atoms with Crippen LogP contribution in [0.4, 0.5) is 20.5 Å². The molecule has 8 nitrogen and oxygen atoms in total. The Morgan fingerprint density at radius 1 is 1.11 bits per heavy atom. The van der Waals surface area contributed by atoms with Gasteiger partial charge in [-0.3, -0.25) is 0 Å². The van der Waals surface area contributed by atoms with Crippen molar-refractivity contribution in [3.05, 3.63) is 12.1 Å². The van der Waals surface area contributed by atoms with Gasteiger partial charge in [0.15, 0.2) is 11.5 Å². The van der Waals surface area contributed by atoms with E-state index in [1.165, 1.54) is 12.8 Å². The normalized spacial score (nSPS) is 20.1. The molecular formula is C26H39F2N5O3. The zero-order chi connectivity index (χ0) is 25.9. The van der Waals surface area contributed by atoms with Crippen LogP contribution in [0.1, 0.15) is 52.9 Å². The number of benzene rings is 1. The fourth-order valence-electron chi connectivity index (χ4n) is 4.53. The van der Waals surface area contributed by atoms with Crippen LogP contribution in [0, 0.1) is 5.92 Å². The zero-order valence-corrected chi connectivity index (χ0v) is 21.8. The number of piperidine rings is 1. The Balaban J connectivity index is 1.63. The lowest BCUT2D eigenvalue weighted by Crippen LogP contribution is -2.41. The molecule has 2 saturated heterocycles. The van der Waals surface area contributed by atoms with Crippen molar-refractivity contribution < 1.29 is 23.4 Å². The number of rotatable bonds is 10. The molecule has 0 saturated carbocycles. The third kappa shape index (κ3) is 6.26. The second-order valence-corrected chi connectivity index (χ2v) is 10.4. The number of hydrogen-bond donors (Lipinski definition) is 2. The number of nitrogens with one attached hydrogen (secondary N) is 1. The molecule has 0 aliphatic carbocycles. The Morgan fingerprint density at radius 3 is 2.44 bits per heavy atom. The van der Waals surface area contributed by atoms with Crippen molar-refractivity contribution in [2.45, 2.75) is 64.5 Å². The van der Waals surface area contributed by atoms with Crippen LogP contribution in [0.25, 0.3) is 10.9 Å². The lowest BCUT2D eigenvalue weighted by Gasteiger charge is -2.33. The van der Waals surface area contributed by atoms with Gasteiger partial charge in [-0.25, -0.2) is 13.8 Å². The van der Waals surface area contributed by atoms with Crippen LogP contribution >= 0.6 is 0 Å². The minimum atomic E-state index is -2.67. The smallest absolute Gasteiger partial charge is 0.251 e. The molecule has 2 aromatic rings. The van der Waals surface area contributed by atoms with Crippen molar-refractivity contribution in [2.75, 3.05) is 56.7 Å². The van der Waals surface area contributed by atoms with Gasteiger partial charge in [-0.05, 0) is 45.3 Å². The van der Waals surface area contributed by atoms with Crippen molar-refractivity contribution in [3.8, 4) is 11.5 Å². The summed E-state index contributed by atoms with van der Waals surface area (Å²) in [5.41, 5.74) is -0.652.